The Morgan fingerprint density at radius 1 is 1.31 bits per heavy atom. The summed E-state index contributed by atoms with van der Waals surface area (Å²) < 4.78 is 1.79. The van der Waals surface area contributed by atoms with Gasteiger partial charge in [-0.05, 0) is 31.4 Å². The van der Waals surface area contributed by atoms with E-state index in [0.717, 1.165) is 18.9 Å². The molecule has 5 heteroatoms. The first-order valence-electron chi connectivity index (χ1n) is 4.57. The highest BCUT2D eigenvalue weighted by molar-refractivity contribution is 4.72. The highest BCUT2D eigenvalue weighted by Gasteiger charge is 1.98. The van der Waals surface area contributed by atoms with E-state index >= 15 is 0 Å². The Hall–Kier alpha value is -0.970. The van der Waals surface area contributed by atoms with Crippen molar-refractivity contribution in [1.82, 2.24) is 25.1 Å². The second kappa shape index (κ2) is 6.54. The molecule has 1 rings (SSSR count). The maximum absolute atomic E-state index is 3.82. The molecule has 76 valence electrons. The summed E-state index contributed by atoms with van der Waals surface area (Å²) >= 11 is 0. The number of hydrogen-bond donors (Lipinski definition) is 0. The largest absolute Gasteiger partial charge is 0.308 e. The molecule has 0 bridgehead atoms. The third-order valence-corrected chi connectivity index (χ3v) is 1.47. The highest BCUT2D eigenvalue weighted by Crippen LogP contribution is 1.88. The Labute approximate surface area is 79.7 Å². The van der Waals surface area contributed by atoms with Gasteiger partial charge in [0.25, 0.3) is 0 Å². The van der Waals surface area contributed by atoms with Crippen LogP contribution < -0.4 is 0 Å². The molecule has 0 saturated heterocycles. The molecule has 1 heterocycles. The molecule has 0 N–H and O–H groups in total. The monoisotopic (exact) mass is 185 g/mol. The quantitative estimate of drug-likeness (QED) is 0.690. The summed E-state index contributed by atoms with van der Waals surface area (Å²) in [7, 11) is 4.05. The van der Waals surface area contributed by atoms with Gasteiger partial charge in [-0.25, -0.2) is 4.68 Å². The molecule has 0 aliphatic heterocycles. The zero-order valence-corrected chi connectivity index (χ0v) is 9.15. The fraction of sp³-hybridized carbons (Fsp3) is 0.875. The number of rotatable bonds is 3. The van der Waals surface area contributed by atoms with Crippen LogP contribution in [0.2, 0.25) is 0 Å². The normalized spacial score (nSPS) is 9.69. The van der Waals surface area contributed by atoms with Crippen LogP contribution in [-0.2, 0) is 6.54 Å². The number of hydrogen-bond acceptors (Lipinski definition) is 4. The van der Waals surface area contributed by atoms with Crippen LogP contribution in [-0.4, -0.2) is 45.7 Å². The number of aromatic nitrogens is 4. The third-order valence-electron chi connectivity index (χ3n) is 1.47. The minimum atomic E-state index is 0.853. The van der Waals surface area contributed by atoms with Crippen molar-refractivity contribution in [3.63, 3.8) is 0 Å². The van der Waals surface area contributed by atoms with Crippen LogP contribution in [0.5, 0.6) is 0 Å². The van der Waals surface area contributed by atoms with Crippen molar-refractivity contribution >= 4 is 0 Å². The van der Waals surface area contributed by atoms with Crippen LogP contribution >= 0.6 is 0 Å². The summed E-state index contributed by atoms with van der Waals surface area (Å²) in [6, 6.07) is 0. The van der Waals surface area contributed by atoms with E-state index in [0.29, 0.717) is 0 Å². The van der Waals surface area contributed by atoms with Gasteiger partial charge in [0, 0.05) is 6.54 Å². The van der Waals surface area contributed by atoms with Crippen LogP contribution in [0.15, 0.2) is 0 Å². The van der Waals surface area contributed by atoms with Gasteiger partial charge in [0.2, 0.25) is 0 Å². The molecule has 0 aromatic carbocycles. The van der Waals surface area contributed by atoms with Crippen LogP contribution in [0.1, 0.15) is 19.7 Å². The molecule has 5 nitrogen and oxygen atoms in total. The van der Waals surface area contributed by atoms with Crippen molar-refractivity contribution in [1.29, 1.82) is 0 Å². The summed E-state index contributed by atoms with van der Waals surface area (Å²) in [5.41, 5.74) is 0. The van der Waals surface area contributed by atoms with E-state index in [2.05, 4.69) is 20.4 Å². The zero-order valence-electron chi connectivity index (χ0n) is 9.15. The van der Waals surface area contributed by atoms with Crippen LogP contribution in [0.25, 0.3) is 0 Å². The van der Waals surface area contributed by atoms with E-state index in [1.54, 1.807) is 4.68 Å². The smallest absolute Gasteiger partial charge is 0.148 e. The van der Waals surface area contributed by atoms with Crippen molar-refractivity contribution in [3.8, 4) is 0 Å². The van der Waals surface area contributed by atoms with Gasteiger partial charge in [0.15, 0.2) is 0 Å². The lowest BCUT2D eigenvalue weighted by Crippen LogP contribution is -2.19. The number of tetrazole rings is 1. The molecule has 0 unspecified atom stereocenters. The topological polar surface area (TPSA) is 46.8 Å². The first kappa shape index (κ1) is 12.0. The summed E-state index contributed by atoms with van der Waals surface area (Å²) in [4.78, 5) is 2.10. The molecule has 0 radical (unpaired) electrons. The minimum absolute atomic E-state index is 0.853. The molecule has 0 fully saturated rings. The number of nitrogens with zero attached hydrogens (tertiary/aromatic N) is 5. The summed E-state index contributed by atoms with van der Waals surface area (Å²) in [5, 5.41) is 11.1. The predicted molar refractivity (Wildman–Crippen MR) is 52.5 cm³/mol. The molecule has 0 saturated carbocycles. The highest BCUT2D eigenvalue weighted by atomic mass is 15.5. The van der Waals surface area contributed by atoms with Gasteiger partial charge in [-0.3, -0.25) is 0 Å². The average molecular weight is 185 g/mol. The van der Waals surface area contributed by atoms with Gasteiger partial charge in [-0.2, -0.15) is 0 Å². The molecule has 0 aliphatic rings. The number of likely N-dealkylation sites (N-methyl/N-ethyl adjacent to an activating group) is 1. The molecule has 13 heavy (non-hydrogen) atoms. The second-order valence-electron chi connectivity index (χ2n) is 2.75. The molecular weight excluding hydrogens is 166 g/mol. The van der Waals surface area contributed by atoms with Gasteiger partial charge in [-0.1, -0.05) is 13.8 Å². The van der Waals surface area contributed by atoms with Crippen molar-refractivity contribution in [3.05, 3.63) is 5.82 Å². The summed E-state index contributed by atoms with van der Waals surface area (Å²) in [5.74, 6) is 0.867. The average Bonchev–Trinajstić information content (AvgIpc) is 2.51. The molecular formula is C8H19N5. The van der Waals surface area contributed by atoms with Gasteiger partial charge in [-0.15, -0.1) is 5.10 Å². The van der Waals surface area contributed by atoms with Gasteiger partial charge >= 0.3 is 0 Å². The third kappa shape index (κ3) is 4.57. The summed E-state index contributed by atoms with van der Waals surface area (Å²) in [6.07, 6.45) is 0. The van der Waals surface area contributed by atoms with E-state index in [1.807, 2.05) is 34.9 Å². The predicted octanol–water partition coefficient (Wildman–Crippen LogP) is 0.569. The van der Waals surface area contributed by atoms with E-state index in [9.17, 15) is 0 Å². The van der Waals surface area contributed by atoms with Gasteiger partial charge in [0.05, 0.1) is 6.54 Å². The Morgan fingerprint density at radius 2 is 1.92 bits per heavy atom. The van der Waals surface area contributed by atoms with Gasteiger partial charge < -0.3 is 4.90 Å². The van der Waals surface area contributed by atoms with Gasteiger partial charge in [0.1, 0.15) is 5.82 Å². The van der Waals surface area contributed by atoms with Crippen LogP contribution in [0.3, 0.4) is 0 Å². The lowest BCUT2D eigenvalue weighted by Gasteiger charge is -2.08. The Balaban J connectivity index is 0.000000671. The lowest BCUT2D eigenvalue weighted by molar-refractivity contribution is 0.368. The molecule has 0 spiro atoms. The number of aryl methyl sites for hydroxylation is 1. The van der Waals surface area contributed by atoms with Crippen LogP contribution in [0.4, 0.5) is 0 Å². The van der Waals surface area contributed by atoms with Crippen molar-refractivity contribution in [2.45, 2.75) is 27.3 Å². The van der Waals surface area contributed by atoms with Crippen molar-refractivity contribution in [2.24, 2.45) is 0 Å². The Kier molecular flexibility index (Phi) is 6.05. The maximum Gasteiger partial charge on any atom is 0.148 e. The molecule has 0 aliphatic carbocycles. The molecule has 1 aromatic heterocycles. The lowest BCUT2D eigenvalue weighted by atomic mass is 10.5. The minimum Gasteiger partial charge on any atom is -0.308 e. The van der Waals surface area contributed by atoms with E-state index in [-0.39, 0.29) is 0 Å². The van der Waals surface area contributed by atoms with E-state index in [1.165, 1.54) is 0 Å². The molecule has 0 amide bonds. The molecule has 1 aromatic rings. The maximum atomic E-state index is 3.82. The van der Waals surface area contributed by atoms with E-state index in [4.69, 9.17) is 0 Å². The SMILES string of the molecule is CC.Cc1nnnn1CCN(C)C. The standard InChI is InChI=1S/C6H13N5.C2H6/c1-6-7-8-9-11(6)5-4-10(2)3;1-2/h4-5H2,1-3H3;1-2H3. The molecule has 0 atom stereocenters. The Morgan fingerprint density at radius 3 is 2.31 bits per heavy atom. The fourth-order valence-electron chi connectivity index (χ4n) is 0.751. The van der Waals surface area contributed by atoms with E-state index < -0.39 is 0 Å². The second-order valence-corrected chi connectivity index (χ2v) is 2.75. The Bertz CT molecular complexity index is 218. The summed E-state index contributed by atoms with van der Waals surface area (Å²) in [6.45, 7) is 7.72. The fourth-order valence-corrected chi connectivity index (χ4v) is 0.751. The van der Waals surface area contributed by atoms with Crippen LogP contribution in [0, 0.1) is 6.92 Å². The first-order chi connectivity index (χ1) is 6.20. The van der Waals surface area contributed by atoms with Crippen molar-refractivity contribution < 1.29 is 0 Å². The first-order valence-corrected chi connectivity index (χ1v) is 4.57. The van der Waals surface area contributed by atoms with Crippen molar-refractivity contribution in [2.75, 3.05) is 20.6 Å². The zero-order chi connectivity index (χ0) is 10.3.